The third-order valence-electron chi connectivity index (χ3n) is 2.23. The fourth-order valence-electron chi connectivity index (χ4n) is 1.25. The number of aromatic nitrogens is 1. The van der Waals surface area contributed by atoms with Crippen molar-refractivity contribution < 1.29 is 19.1 Å². The van der Waals surface area contributed by atoms with E-state index in [9.17, 15) is 14.4 Å². The second-order valence-electron chi connectivity index (χ2n) is 3.86. The van der Waals surface area contributed by atoms with Crippen LogP contribution in [0.25, 0.3) is 0 Å². The molecule has 0 bridgehead atoms. The van der Waals surface area contributed by atoms with Crippen molar-refractivity contribution in [2.75, 3.05) is 6.54 Å². The van der Waals surface area contributed by atoms with Crippen LogP contribution in [0.1, 0.15) is 24.3 Å². The first-order chi connectivity index (χ1) is 9.85. The molecule has 0 spiro atoms. The number of amides is 3. The number of carbonyl (C=O) groups excluding carboxylic acids is 3. The Morgan fingerprint density at radius 3 is 2.62 bits per heavy atom. The van der Waals surface area contributed by atoms with Crippen LogP contribution in [-0.2, 0) is 9.53 Å². The Labute approximate surface area is 131 Å². The summed E-state index contributed by atoms with van der Waals surface area (Å²) in [6.45, 7) is 3.36. The van der Waals surface area contributed by atoms with Gasteiger partial charge in [-0.3, -0.25) is 10.1 Å². The van der Waals surface area contributed by atoms with E-state index in [0.29, 0.717) is 6.54 Å². The lowest BCUT2D eigenvalue weighted by Crippen LogP contribution is -2.44. The predicted octanol–water partition coefficient (Wildman–Crippen LogP) is 1.78. The number of carbonyl (C=O) groups is 3. The van der Waals surface area contributed by atoms with E-state index in [1.807, 2.05) is 5.32 Å². The first-order valence-corrected chi connectivity index (χ1v) is 6.72. The van der Waals surface area contributed by atoms with Gasteiger partial charge >= 0.3 is 12.0 Å². The van der Waals surface area contributed by atoms with E-state index in [2.05, 4.69) is 10.3 Å². The Hall–Kier alpha value is -1.86. The molecule has 1 unspecified atom stereocenters. The molecule has 21 heavy (non-hydrogen) atoms. The second kappa shape index (κ2) is 7.80. The number of pyridine rings is 1. The molecular weight excluding hydrogens is 321 g/mol. The van der Waals surface area contributed by atoms with Gasteiger partial charge in [0.05, 0.1) is 5.02 Å². The number of nitrogens with one attached hydrogen (secondary N) is 2. The summed E-state index contributed by atoms with van der Waals surface area (Å²) in [6.07, 6.45) is -1.20. The van der Waals surface area contributed by atoms with E-state index in [-0.39, 0.29) is 15.9 Å². The van der Waals surface area contributed by atoms with Crippen molar-refractivity contribution in [3.05, 3.63) is 28.0 Å². The predicted molar refractivity (Wildman–Crippen MR) is 76.3 cm³/mol. The Balaban J connectivity index is 2.67. The van der Waals surface area contributed by atoms with Crippen molar-refractivity contribution in [3.8, 4) is 0 Å². The van der Waals surface area contributed by atoms with E-state index in [0.717, 1.165) is 0 Å². The van der Waals surface area contributed by atoms with Crippen molar-refractivity contribution >= 4 is 41.1 Å². The summed E-state index contributed by atoms with van der Waals surface area (Å²) in [6, 6.07) is 2.11. The first kappa shape index (κ1) is 17.2. The average Bonchev–Trinajstić information content (AvgIpc) is 2.41. The molecule has 1 aromatic heterocycles. The molecule has 7 nitrogen and oxygen atoms in total. The number of hydrogen-bond acceptors (Lipinski definition) is 5. The summed E-state index contributed by atoms with van der Waals surface area (Å²) in [5.74, 6) is -1.69. The Bertz CT molecular complexity index is 565. The van der Waals surface area contributed by atoms with E-state index in [1.165, 1.54) is 19.1 Å². The van der Waals surface area contributed by atoms with Gasteiger partial charge in [-0.25, -0.2) is 14.6 Å². The summed E-state index contributed by atoms with van der Waals surface area (Å²) in [5.41, 5.74) is -0.207. The largest absolute Gasteiger partial charge is 0.448 e. The molecular formula is C12H13Cl2N3O4. The lowest BCUT2D eigenvalue weighted by Gasteiger charge is -2.13. The molecule has 2 N–H and O–H groups in total. The van der Waals surface area contributed by atoms with E-state index in [1.54, 1.807) is 6.92 Å². The van der Waals surface area contributed by atoms with Crippen LogP contribution in [0.15, 0.2) is 12.1 Å². The molecule has 1 rings (SSSR count). The molecule has 9 heteroatoms. The zero-order chi connectivity index (χ0) is 16.0. The van der Waals surface area contributed by atoms with Crippen LogP contribution in [0.3, 0.4) is 0 Å². The topological polar surface area (TPSA) is 97.4 Å². The smallest absolute Gasteiger partial charge is 0.359 e. The van der Waals surface area contributed by atoms with Crippen molar-refractivity contribution in [2.24, 2.45) is 0 Å². The van der Waals surface area contributed by atoms with Gasteiger partial charge < -0.3 is 10.1 Å². The zero-order valence-electron chi connectivity index (χ0n) is 11.3. The standard InChI is InChI=1S/C12H13Cl2N3O4/c1-3-15-12(20)17-10(18)6(2)21-11(19)9-7(13)4-5-8(14)16-9/h4-6H,3H2,1-2H3,(H2,15,17,18,20). The maximum atomic E-state index is 11.8. The number of halogens is 2. The number of imide groups is 1. The Morgan fingerprint density at radius 1 is 1.33 bits per heavy atom. The minimum absolute atomic E-state index is 0.0423. The van der Waals surface area contributed by atoms with E-state index < -0.39 is 24.0 Å². The number of urea groups is 1. The molecule has 0 aromatic carbocycles. The molecule has 1 heterocycles. The number of rotatable bonds is 4. The van der Waals surface area contributed by atoms with Crippen molar-refractivity contribution in [1.82, 2.24) is 15.6 Å². The maximum absolute atomic E-state index is 11.8. The SMILES string of the molecule is CCNC(=O)NC(=O)C(C)OC(=O)c1nc(Cl)ccc1Cl. The average molecular weight is 334 g/mol. The number of ether oxygens (including phenoxy) is 1. The van der Waals surface area contributed by atoms with Gasteiger partial charge in [0, 0.05) is 6.54 Å². The fourth-order valence-corrected chi connectivity index (χ4v) is 1.58. The molecule has 0 radical (unpaired) electrons. The van der Waals surface area contributed by atoms with Crippen LogP contribution in [-0.4, -0.2) is 35.5 Å². The van der Waals surface area contributed by atoms with Gasteiger partial charge in [0.25, 0.3) is 5.91 Å². The summed E-state index contributed by atoms with van der Waals surface area (Å²) in [4.78, 5) is 38.4. The monoisotopic (exact) mass is 333 g/mol. The van der Waals surface area contributed by atoms with Crippen LogP contribution in [0.2, 0.25) is 10.2 Å². The highest BCUT2D eigenvalue weighted by molar-refractivity contribution is 6.34. The summed E-state index contributed by atoms with van der Waals surface area (Å²) < 4.78 is 4.88. The molecule has 0 fully saturated rings. The van der Waals surface area contributed by atoms with Crippen molar-refractivity contribution in [1.29, 1.82) is 0 Å². The highest BCUT2D eigenvalue weighted by atomic mass is 35.5. The summed E-state index contributed by atoms with van der Waals surface area (Å²) in [7, 11) is 0. The third-order valence-corrected chi connectivity index (χ3v) is 2.75. The van der Waals surface area contributed by atoms with Gasteiger partial charge in [-0.1, -0.05) is 23.2 Å². The third kappa shape index (κ3) is 5.20. The highest BCUT2D eigenvalue weighted by Gasteiger charge is 2.23. The molecule has 3 amide bonds. The zero-order valence-corrected chi connectivity index (χ0v) is 12.8. The first-order valence-electron chi connectivity index (χ1n) is 5.96. The number of hydrogen-bond donors (Lipinski definition) is 2. The Morgan fingerprint density at radius 2 is 2.00 bits per heavy atom. The normalized spacial score (nSPS) is 11.4. The molecule has 114 valence electrons. The second-order valence-corrected chi connectivity index (χ2v) is 4.66. The molecule has 0 saturated carbocycles. The van der Waals surface area contributed by atoms with Crippen LogP contribution in [0.4, 0.5) is 4.79 Å². The Kier molecular flexibility index (Phi) is 6.39. The fraction of sp³-hybridized carbons (Fsp3) is 0.333. The van der Waals surface area contributed by atoms with Crippen molar-refractivity contribution in [2.45, 2.75) is 20.0 Å². The molecule has 0 aliphatic heterocycles. The van der Waals surface area contributed by atoms with Gasteiger partial charge in [0.2, 0.25) is 0 Å². The summed E-state index contributed by atoms with van der Waals surface area (Å²) in [5, 5.41) is 4.49. The minimum atomic E-state index is -1.20. The van der Waals surface area contributed by atoms with Crippen LogP contribution >= 0.6 is 23.2 Å². The molecule has 1 aromatic rings. The van der Waals surface area contributed by atoms with Gasteiger partial charge in [-0.2, -0.15) is 0 Å². The summed E-state index contributed by atoms with van der Waals surface area (Å²) >= 11 is 11.4. The van der Waals surface area contributed by atoms with Crippen molar-refractivity contribution in [3.63, 3.8) is 0 Å². The van der Waals surface area contributed by atoms with E-state index in [4.69, 9.17) is 27.9 Å². The molecule has 1 atom stereocenters. The van der Waals surface area contributed by atoms with Crippen LogP contribution < -0.4 is 10.6 Å². The molecule has 0 saturated heterocycles. The number of esters is 1. The van der Waals surface area contributed by atoms with Crippen LogP contribution in [0, 0.1) is 0 Å². The lowest BCUT2D eigenvalue weighted by atomic mass is 10.3. The lowest BCUT2D eigenvalue weighted by molar-refractivity contribution is -0.127. The molecule has 0 aliphatic carbocycles. The van der Waals surface area contributed by atoms with Gasteiger partial charge in [0.15, 0.2) is 11.8 Å². The molecule has 0 aliphatic rings. The maximum Gasteiger partial charge on any atom is 0.359 e. The van der Waals surface area contributed by atoms with Gasteiger partial charge in [-0.15, -0.1) is 0 Å². The van der Waals surface area contributed by atoms with Gasteiger partial charge in [-0.05, 0) is 26.0 Å². The minimum Gasteiger partial charge on any atom is -0.448 e. The van der Waals surface area contributed by atoms with Gasteiger partial charge in [0.1, 0.15) is 5.15 Å². The quantitative estimate of drug-likeness (QED) is 0.646. The number of nitrogens with zero attached hydrogens (tertiary/aromatic N) is 1. The van der Waals surface area contributed by atoms with Crippen LogP contribution in [0.5, 0.6) is 0 Å². The van der Waals surface area contributed by atoms with E-state index >= 15 is 0 Å². The highest BCUT2D eigenvalue weighted by Crippen LogP contribution is 2.18.